The van der Waals surface area contributed by atoms with Crippen molar-refractivity contribution in [2.75, 3.05) is 4.90 Å². The summed E-state index contributed by atoms with van der Waals surface area (Å²) in [4.78, 5) is 2.34. The standard InChI is InChI=1S/C58H38N2O/c1-2-10-39(11-3-1)41-18-27-47(28-19-41)59(49-31-22-43(23-32-49)46-26-35-58-54(38-46)52-15-7-9-17-57(52)61-58)48-29-20-42(21-30-48)45-25-34-56-53(37-45)51-14-6-8-16-55(51)60(56)50-33-24-40-12-4-5-13-44(40)36-50/h1-38H. The van der Waals surface area contributed by atoms with Gasteiger partial charge in [0, 0.05) is 44.3 Å². The molecule has 3 heteroatoms. The molecule has 0 aliphatic rings. The number of hydrogen-bond donors (Lipinski definition) is 0. The number of furan rings is 1. The van der Waals surface area contributed by atoms with Crippen LogP contribution < -0.4 is 4.90 Å². The third-order valence-electron chi connectivity index (χ3n) is 12.2. The highest BCUT2D eigenvalue weighted by Crippen LogP contribution is 2.40. The lowest BCUT2D eigenvalue weighted by atomic mass is 10.0. The molecule has 0 N–H and O–H groups in total. The van der Waals surface area contributed by atoms with Crippen LogP contribution in [0, 0.1) is 0 Å². The molecule has 10 aromatic carbocycles. The van der Waals surface area contributed by atoms with Crippen molar-refractivity contribution in [3.63, 3.8) is 0 Å². The minimum absolute atomic E-state index is 0.905. The molecule has 0 amide bonds. The molecule has 0 radical (unpaired) electrons. The Kier molecular flexibility index (Phi) is 8.17. The predicted octanol–water partition coefficient (Wildman–Crippen LogP) is 16.3. The molecular formula is C58H38N2O. The second-order valence-corrected chi connectivity index (χ2v) is 15.8. The van der Waals surface area contributed by atoms with Crippen LogP contribution in [0.1, 0.15) is 0 Å². The lowest BCUT2D eigenvalue weighted by molar-refractivity contribution is 0.669. The molecule has 0 bridgehead atoms. The van der Waals surface area contributed by atoms with Crippen molar-refractivity contribution in [1.82, 2.24) is 4.57 Å². The molecule has 0 saturated heterocycles. The van der Waals surface area contributed by atoms with E-state index in [4.69, 9.17) is 4.42 Å². The van der Waals surface area contributed by atoms with Crippen LogP contribution in [-0.4, -0.2) is 4.57 Å². The van der Waals surface area contributed by atoms with Gasteiger partial charge in [0.25, 0.3) is 0 Å². The second-order valence-electron chi connectivity index (χ2n) is 15.8. The van der Waals surface area contributed by atoms with Gasteiger partial charge in [-0.3, -0.25) is 0 Å². The van der Waals surface area contributed by atoms with Crippen LogP contribution in [-0.2, 0) is 0 Å². The molecule has 0 atom stereocenters. The van der Waals surface area contributed by atoms with Crippen LogP contribution in [0.5, 0.6) is 0 Å². The van der Waals surface area contributed by atoms with Crippen molar-refractivity contribution < 1.29 is 4.42 Å². The van der Waals surface area contributed by atoms with Crippen molar-refractivity contribution in [1.29, 1.82) is 0 Å². The first-order valence-electron chi connectivity index (χ1n) is 20.8. The molecule has 61 heavy (non-hydrogen) atoms. The number of hydrogen-bond acceptors (Lipinski definition) is 2. The van der Waals surface area contributed by atoms with Gasteiger partial charge in [-0.1, -0.05) is 146 Å². The number of fused-ring (bicyclic) bond motifs is 7. The van der Waals surface area contributed by atoms with Crippen LogP contribution in [0.15, 0.2) is 235 Å². The highest BCUT2D eigenvalue weighted by atomic mass is 16.3. The van der Waals surface area contributed by atoms with Crippen molar-refractivity contribution in [2.45, 2.75) is 0 Å². The quantitative estimate of drug-likeness (QED) is 0.161. The number of para-hydroxylation sites is 2. The van der Waals surface area contributed by atoms with Gasteiger partial charge in [0.15, 0.2) is 0 Å². The van der Waals surface area contributed by atoms with Crippen LogP contribution in [0.3, 0.4) is 0 Å². The summed E-state index contributed by atoms with van der Waals surface area (Å²) in [6.07, 6.45) is 0. The first-order chi connectivity index (χ1) is 30.2. The van der Waals surface area contributed by atoms with Gasteiger partial charge >= 0.3 is 0 Å². The maximum atomic E-state index is 6.12. The molecule has 0 aliphatic carbocycles. The number of benzene rings is 10. The maximum Gasteiger partial charge on any atom is 0.135 e. The van der Waals surface area contributed by atoms with Crippen molar-refractivity contribution in [3.05, 3.63) is 231 Å². The van der Waals surface area contributed by atoms with E-state index in [2.05, 4.69) is 228 Å². The zero-order valence-electron chi connectivity index (χ0n) is 33.2. The second kappa shape index (κ2) is 14.3. The van der Waals surface area contributed by atoms with E-state index in [9.17, 15) is 0 Å². The fourth-order valence-electron chi connectivity index (χ4n) is 9.14. The molecule has 12 rings (SSSR count). The summed E-state index contributed by atoms with van der Waals surface area (Å²) in [5.74, 6) is 0. The van der Waals surface area contributed by atoms with E-state index >= 15 is 0 Å². The highest BCUT2D eigenvalue weighted by Gasteiger charge is 2.17. The van der Waals surface area contributed by atoms with Crippen LogP contribution in [0.2, 0.25) is 0 Å². The van der Waals surface area contributed by atoms with E-state index in [-0.39, 0.29) is 0 Å². The molecule has 2 aromatic heterocycles. The summed E-state index contributed by atoms with van der Waals surface area (Å²) >= 11 is 0. The van der Waals surface area contributed by atoms with Gasteiger partial charge in [0.05, 0.1) is 11.0 Å². The topological polar surface area (TPSA) is 21.3 Å². The third-order valence-corrected chi connectivity index (χ3v) is 12.2. The molecule has 0 aliphatic heterocycles. The molecule has 2 heterocycles. The molecule has 0 spiro atoms. The minimum atomic E-state index is 0.905. The van der Waals surface area contributed by atoms with E-state index < -0.39 is 0 Å². The summed E-state index contributed by atoms with van der Waals surface area (Å²) in [6, 6.07) is 83.0. The molecule has 12 aromatic rings. The summed E-state index contributed by atoms with van der Waals surface area (Å²) in [5, 5.41) is 7.24. The van der Waals surface area contributed by atoms with Crippen LogP contribution >= 0.6 is 0 Å². The van der Waals surface area contributed by atoms with E-state index in [0.717, 1.165) is 50.1 Å². The maximum absolute atomic E-state index is 6.12. The van der Waals surface area contributed by atoms with Crippen LogP contribution in [0.25, 0.3) is 93.6 Å². The van der Waals surface area contributed by atoms with Crippen LogP contribution in [0.4, 0.5) is 17.1 Å². The molecule has 3 nitrogen and oxygen atoms in total. The number of nitrogens with zero attached hydrogens (tertiary/aromatic N) is 2. The number of aromatic nitrogens is 1. The first kappa shape index (κ1) is 34.9. The predicted molar refractivity (Wildman–Crippen MR) is 257 cm³/mol. The van der Waals surface area contributed by atoms with E-state index in [1.165, 1.54) is 60.5 Å². The Morgan fingerprint density at radius 1 is 0.295 bits per heavy atom. The minimum Gasteiger partial charge on any atom is -0.456 e. The van der Waals surface area contributed by atoms with E-state index in [0.29, 0.717) is 0 Å². The van der Waals surface area contributed by atoms with Gasteiger partial charge in [0.2, 0.25) is 0 Å². The van der Waals surface area contributed by atoms with Gasteiger partial charge in [-0.25, -0.2) is 0 Å². The summed E-state index contributed by atoms with van der Waals surface area (Å²) < 4.78 is 8.52. The van der Waals surface area contributed by atoms with Crippen molar-refractivity contribution >= 4 is 71.6 Å². The molecule has 0 saturated carbocycles. The lowest BCUT2D eigenvalue weighted by Crippen LogP contribution is -2.09. The Morgan fingerprint density at radius 2 is 0.787 bits per heavy atom. The zero-order valence-corrected chi connectivity index (χ0v) is 33.2. The van der Waals surface area contributed by atoms with Gasteiger partial charge in [-0.2, -0.15) is 0 Å². The third kappa shape index (κ3) is 6.06. The average Bonchev–Trinajstić information content (AvgIpc) is 3.87. The fraction of sp³-hybridized carbons (Fsp3) is 0. The highest BCUT2D eigenvalue weighted by molar-refractivity contribution is 6.11. The van der Waals surface area contributed by atoms with E-state index in [1.54, 1.807) is 0 Å². The molecule has 286 valence electrons. The lowest BCUT2D eigenvalue weighted by Gasteiger charge is -2.26. The van der Waals surface area contributed by atoms with Gasteiger partial charge < -0.3 is 13.9 Å². The monoisotopic (exact) mass is 778 g/mol. The van der Waals surface area contributed by atoms with Gasteiger partial charge in [-0.05, 0) is 129 Å². The largest absolute Gasteiger partial charge is 0.456 e. The normalized spacial score (nSPS) is 11.6. The van der Waals surface area contributed by atoms with Crippen molar-refractivity contribution in [3.8, 4) is 39.1 Å². The fourth-order valence-corrected chi connectivity index (χ4v) is 9.14. The summed E-state index contributed by atoms with van der Waals surface area (Å²) in [7, 11) is 0. The molecular weight excluding hydrogens is 741 g/mol. The smallest absolute Gasteiger partial charge is 0.135 e. The number of anilines is 3. The Labute approximate surface area is 353 Å². The molecule has 0 unspecified atom stereocenters. The average molecular weight is 779 g/mol. The van der Waals surface area contributed by atoms with E-state index in [1.807, 2.05) is 12.1 Å². The molecule has 0 fully saturated rings. The van der Waals surface area contributed by atoms with Gasteiger partial charge in [0.1, 0.15) is 11.2 Å². The summed E-state index contributed by atoms with van der Waals surface area (Å²) in [6.45, 7) is 0. The Balaban J connectivity index is 0.917. The van der Waals surface area contributed by atoms with Crippen molar-refractivity contribution in [2.24, 2.45) is 0 Å². The van der Waals surface area contributed by atoms with Gasteiger partial charge in [-0.15, -0.1) is 0 Å². The Morgan fingerprint density at radius 3 is 1.49 bits per heavy atom. The zero-order chi connectivity index (χ0) is 40.3. The summed E-state index contributed by atoms with van der Waals surface area (Å²) in [5.41, 5.74) is 15.7. The number of rotatable bonds is 7. The SMILES string of the molecule is c1ccc(-c2ccc(N(c3ccc(-c4ccc5oc6ccccc6c5c4)cc3)c3ccc(-c4ccc5c(c4)c4ccccc4n5-c4ccc5ccccc5c4)cc3)cc2)cc1. The Bertz CT molecular complexity index is 3560. The first-order valence-corrected chi connectivity index (χ1v) is 20.8. The Hall–Kier alpha value is -8.14.